The van der Waals surface area contributed by atoms with Crippen molar-refractivity contribution < 1.29 is 17.9 Å². The van der Waals surface area contributed by atoms with Gasteiger partial charge in [-0.2, -0.15) is 13.2 Å². The number of hydrogen-bond acceptors (Lipinski definition) is 5. The van der Waals surface area contributed by atoms with Crippen molar-refractivity contribution in [3.8, 4) is 0 Å². The van der Waals surface area contributed by atoms with Gasteiger partial charge in [0.2, 0.25) is 5.82 Å². The minimum Gasteiger partial charge on any atom is -0.384 e. The maximum Gasteiger partial charge on any atom is 0.451 e. The second-order valence-corrected chi connectivity index (χ2v) is 4.84. The standard InChI is InChI=1S/C11H15F3N4O/c1-10(3-2-4-19-6-10)18-8-5-7(15)16-9(17-8)11(12,13)14/h5H,2-4,6H2,1H3,(H3,15,16,17,18). The van der Waals surface area contributed by atoms with E-state index in [0.717, 1.165) is 12.8 Å². The molecule has 0 aliphatic carbocycles. The highest BCUT2D eigenvalue weighted by molar-refractivity contribution is 5.46. The summed E-state index contributed by atoms with van der Waals surface area (Å²) >= 11 is 0. The highest BCUT2D eigenvalue weighted by atomic mass is 19.4. The second-order valence-electron chi connectivity index (χ2n) is 4.84. The molecule has 8 heteroatoms. The Morgan fingerprint density at radius 2 is 2.16 bits per heavy atom. The van der Waals surface area contributed by atoms with E-state index in [9.17, 15) is 13.2 Å². The molecule has 1 saturated heterocycles. The SMILES string of the molecule is CC1(Nc2cc(N)nc(C(F)(F)F)n2)CCCOC1. The number of nitrogens with one attached hydrogen (secondary N) is 1. The van der Waals surface area contributed by atoms with Gasteiger partial charge in [-0.05, 0) is 19.8 Å². The number of ether oxygens (including phenoxy) is 1. The van der Waals surface area contributed by atoms with Crippen LogP contribution in [-0.2, 0) is 10.9 Å². The summed E-state index contributed by atoms with van der Waals surface area (Å²) < 4.78 is 43.1. The van der Waals surface area contributed by atoms with Crippen LogP contribution in [0.2, 0.25) is 0 Å². The van der Waals surface area contributed by atoms with Crippen molar-refractivity contribution >= 4 is 11.6 Å². The van der Waals surface area contributed by atoms with E-state index in [0.29, 0.717) is 13.2 Å². The molecule has 1 fully saturated rings. The highest BCUT2D eigenvalue weighted by Crippen LogP contribution is 2.29. The maximum absolute atomic E-state index is 12.6. The zero-order chi connectivity index (χ0) is 14.1. The smallest absolute Gasteiger partial charge is 0.384 e. The summed E-state index contributed by atoms with van der Waals surface area (Å²) in [5.41, 5.74) is 4.94. The lowest BCUT2D eigenvalue weighted by atomic mass is 9.95. The fourth-order valence-corrected chi connectivity index (χ4v) is 2.00. The van der Waals surface area contributed by atoms with E-state index in [-0.39, 0.29) is 11.6 Å². The van der Waals surface area contributed by atoms with Gasteiger partial charge in [-0.15, -0.1) is 0 Å². The quantitative estimate of drug-likeness (QED) is 0.865. The Bertz CT molecular complexity index is 458. The van der Waals surface area contributed by atoms with Crippen molar-refractivity contribution in [2.45, 2.75) is 31.5 Å². The zero-order valence-corrected chi connectivity index (χ0v) is 10.4. The third kappa shape index (κ3) is 3.46. The van der Waals surface area contributed by atoms with E-state index < -0.39 is 17.5 Å². The first-order chi connectivity index (χ1) is 8.78. The first kappa shape index (κ1) is 13.9. The van der Waals surface area contributed by atoms with Gasteiger partial charge in [0.1, 0.15) is 11.6 Å². The molecule has 0 spiro atoms. The maximum atomic E-state index is 12.6. The zero-order valence-electron chi connectivity index (χ0n) is 10.4. The number of nitrogens with two attached hydrogens (primary N) is 1. The minimum absolute atomic E-state index is 0.0628. The van der Waals surface area contributed by atoms with E-state index in [1.54, 1.807) is 0 Å². The van der Waals surface area contributed by atoms with Crippen LogP contribution in [0.25, 0.3) is 0 Å². The highest BCUT2D eigenvalue weighted by Gasteiger charge is 2.36. The topological polar surface area (TPSA) is 73.1 Å². The molecule has 3 N–H and O–H groups in total. The van der Waals surface area contributed by atoms with Gasteiger partial charge in [0.05, 0.1) is 12.1 Å². The van der Waals surface area contributed by atoms with Crippen LogP contribution >= 0.6 is 0 Å². The summed E-state index contributed by atoms with van der Waals surface area (Å²) in [5, 5.41) is 2.95. The summed E-state index contributed by atoms with van der Waals surface area (Å²) in [6, 6.07) is 1.29. The van der Waals surface area contributed by atoms with Crippen molar-refractivity contribution in [1.29, 1.82) is 0 Å². The Hall–Kier alpha value is -1.57. The number of anilines is 2. The molecule has 0 aromatic carbocycles. The van der Waals surface area contributed by atoms with Crippen molar-refractivity contribution in [1.82, 2.24) is 9.97 Å². The van der Waals surface area contributed by atoms with Gasteiger partial charge in [0.25, 0.3) is 0 Å². The van der Waals surface area contributed by atoms with Crippen LogP contribution in [0, 0.1) is 0 Å². The van der Waals surface area contributed by atoms with Crippen molar-refractivity contribution in [3.63, 3.8) is 0 Å². The molecule has 19 heavy (non-hydrogen) atoms. The van der Waals surface area contributed by atoms with E-state index in [1.165, 1.54) is 6.07 Å². The summed E-state index contributed by atoms with van der Waals surface area (Å²) in [7, 11) is 0. The van der Waals surface area contributed by atoms with Crippen LogP contribution in [0.1, 0.15) is 25.6 Å². The summed E-state index contributed by atoms with van der Waals surface area (Å²) in [6.45, 7) is 2.95. The first-order valence-corrected chi connectivity index (χ1v) is 5.86. The predicted octanol–water partition coefficient (Wildman–Crippen LogP) is 2.06. The number of nitrogen functional groups attached to an aromatic ring is 1. The summed E-state index contributed by atoms with van der Waals surface area (Å²) in [4.78, 5) is 6.65. The lowest BCUT2D eigenvalue weighted by Crippen LogP contribution is -2.43. The summed E-state index contributed by atoms with van der Waals surface area (Å²) in [6.07, 6.45) is -2.98. The monoisotopic (exact) mass is 276 g/mol. The molecule has 0 radical (unpaired) electrons. The molecule has 1 aromatic rings. The number of rotatable bonds is 2. The van der Waals surface area contributed by atoms with Gasteiger partial charge >= 0.3 is 6.18 Å². The molecule has 0 amide bonds. The third-order valence-corrected chi connectivity index (χ3v) is 2.87. The molecule has 1 unspecified atom stereocenters. The van der Waals surface area contributed by atoms with E-state index in [4.69, 9.17) is 10.5 Å². The normalized spacial score (nSPS) is 24.2. The fraction of sp³-hybridized carbons (Fsp3) is 0.636. The van der Waals surface area contributed by atoms with Gasteiger partial charge in [-0.25, -0.2) is 9.97 Å². The summed E-state index contributed by atoms with van der Waals surface area (Å²) in [5.74, 6) is -1.40. The Labute approximate surface area is 108 Å². The number of hydrogen-bond donors (Lipinski definition) is 2. The lowest BCUT2D eigenvalue weighted by Gasteiger charge is -2.34. The Morgan fingerprint density at radius 1 is 1.42 bits per heavy atom. The van der Waals surface area contributed by atoms with E-state index in [1.807, 2.05) is 6.92 Å². The van der Waals surface area contributed by atoms with Crippen molar-refractivity contribution in [2.24, 2.45) is 0 Å². The molecular formula is C11H15F3N4O. The van der Waals surface area contributed by atoms with Crippen molar-refractivity contribution in [3.05, 3.63) is 11.9 Å². The molecule has 2 rings (SSSR count). The van der Waals surface area contributed by atoms with Crippen LogP contribution in [0.3, 0.4) is 0 Å². The Morgan fingerprint density at radius 3 is 2.74 bits per heavy atom. The Kier molecular flexibility index (Phi) is 3.53. The largest absolute Gasteiger partial charge is 0.451 e. The predicted molar refractivity (Wildman–Crippen MR) is 63.5 cm³/mol. The molecule has 1 aromatic heterocycles. The molecule has 1 atom stereocenters. The minimum atomic E-state index is -4.62. The van der Waals surface area contributed by atoms with Gasteiger partial charge in [-0.3, -0.25) is 0 Å². The van der Waals surface area contributed by atoms with Crippen LogP contribution in [0.4, 0.5) is 24.8 Å². The number of halogens is 3. The van der Waals surface area contributed by atoms with Gasteiger partial charge in [-0.1, -0.05) is 0 Å². The molecule has 0 saturated carbocycles. The van der Waals surface area contributed by atoms with Crippen molar-refractivity contribution in [2.75, 3.05) is 24.3 Å². The average Bonchev–Trinajstić information content (AvgIpc) is 2.27. The second kappa shape index (κ2) is 4.84. The molecule has 1 aliphatic heterocycles. The first-order valence-electron chi connectivity index (χ1n) is 5.86. The van der Waals surface area contributed by atoms with E-state index >= 15 is 0 Å². The van der Waals surface area contributed by atoms with Crippen LogP contribution in [0.5, 0.6) is 0 Å². The molecule has 5 nitrogen and oxygen atoms in total. The fourth-order valence-electron chi connectivity index (χ4n) is 2.00. The number of alkyl halides is 3. The van der Waals surface area contributed by atoms with Crippen LogP contribution in [0.15, 0.2) is 6.07 Å². The average molecular weight is 276 g/mol. The lowest BCUT2D eigenvalue weighted by molar-refractivity contribution is -0.144. The van der Waals surface area contributed by atoms with Crippen LogP contribution in [-0.4, -0.2) is 28.7 Å². The van der Waals surface area contributed by atoms with Gasteiger partial charge in [0.15, 0.2) is 0 Å². The van der Waals surface area contributed by atoms with E-state index in [2.05, 4.69) is 15.3 Å². The third-order valence-electron chi connectivity index (χ3n) is 2.87. The molecule has 1 aliphatic rings. The molecule has 106 valence electrons. The molecule has 0 bridgehead atoms. The number of nitrogens with zero attached hydrogens (tertiary/aromatic N) is 2. The van der Waals surface area contributed by atoms with Gasteiger partial charge < -0.3 is 15.8 Å². The Balaban J connectivity index is 2.22. The number of aromatic nitrogens is 2. The molecule has 2 heterocycles. The van der Waals surface area contributed by atoms with Gasteiger partial charge in [0, 0.05) is 12.7 Å². The van der Waals surface area contributed by atoms with Crippen LogP contribution < -0.4 is 11.1 Å². The molecular weight excluding hydrogens is 261 g/mol.